The van der Waals surface area contributed by atoms with Gasteiger partial charge in [0.15, 0.2) is 0 Å². The average Bonchev–Trinajstić information content (AvgIpc) is 2.74. The Kier molecular flexibility index (Phi) is 7.53. The molecule has 3 nitrogen and oxygen atoms in total. The number of para-hydroxylation sites is 2. The van der Waals surface area contributed by atoms with Gasteiger partial charge >= 0.3 is 0 Å². The molecule has 3 rings (SSSR count). The third kappa shape index (κ3) is 4.94. The van der Waals surface area contributed by atoms with Crippen molar-refractivity contribution in [2.75, 3.05) is 23.0 Å². The Morgan fingerprint density at radius 3 is 1.42 bits per heavy atom. The Balaban J connectivity index is 2.23. The van der Waals surface area contributed by atoms with E-state index in [0.29, 0.717) is 30.3 Å². The first-order valence-corrected chi connectivity index (χ1v) is 12.8. The molecule has 1 unspecified atom stereocenters. The van der Waals surface area contributed by atoms with Crippen molar-refractivity contribution in [3.63, 3.8) is 0 Å². The van der Waals surface area contributed by atoms with Crippen LogP contribution >= 0.6 is 0 Å². The van der Waals surface area contributed by atoms with Crippen LogP contribution in [0.4, 0.5) is 11.4 Å². The van der Waals surface area contributed by atoms with Gasteiger partial charge in [-0.15, -0.1) is 0 Å². The number of hydrogen-bond donors (Lipinski definition) is 1. The van der Waals surface area contributed by atoms with Crippen molar-refractivity contribution >= 4 is 11.4 Å². The molecule has 0 saturated carbocycles. The number of aliphatic hydroxyl groups excluding tert-OH is 1. The van der Waals surface area contributed by atoms with Crippen LogP contribution in [0.15, 0.2) is 36.4 Å². The van der Waals surface area contributed by atoms with Crippen molar-refractivity contribution in [3.05, 3.63) is 58.7 Å². The summed E-state index contributed by atoms with van der Waals surface area (Å²) in [5, 5.41) is 11.7. The molecule has 0 radical (unpaired) electrons. The van der Waals surface area contributed by atoms with E-state index in [0.717, 1.165) is 6.54 Å². The van der Waals surface area contributed by atoms with E-state index in [9.17, 15) is 5.11 Å². The number of nitrogens with zero attached hydrogens (tertiary/aromatic N) is 2. The van der Waals surface area contributed by atoms with Gasteiger partial charge in [-0.05, 0) is 45.9 Å². The third-order valence-corrected chi connectivity index (χ3v) is 7.20. The zero-order chi connectivity index (χ0) is 24.7. The highest BCUT2D eigenvalue weighted by molar-refractivity contribution is 5.67. The summed E-state index contributed by atoms with van der Waals surface area (Å²) in [6.45, 7) is 24.1. The minimum absolute atomic E-state index is 0.283. The largest absolute Gasteiger partial charge is 0.373 e. The molecule has 1 fully saturated rings. The zero-order valence-corrected chi connectivity index (χ0v) is 22.6. The van der Waals surface area contributed by atoms with E-state index in [1.807, 2.05) is 0 Å². The molecule has 0 aliphatic carbocycles. The lowest BCUT2D eigenvalue weighted by Gasteiger charge is -2.52. The van der Waals surface area contributed by atoms with E-state index in [-0.39, 0.29) is 5.41 Å². The lowest BCUT2D eigenvalue weighted by Crippen LogP contribution is -2.61. The van der Waals surface area contributed by atoms with Gasteiger partial charge in [0, 0.05) is 23.3 Å². The van der Waals surface area contributed by atoms with E-state index in [4.69, 9.17) is 0 Å². The molecule has 3 heteroatoms. The number of aliphatic hydroxyl groups is 1. The molecule has 0 amide bonds. The quantitative estimate of drug-likeness (QED) is 0.486. The molecule has 0 aromatic heterocycles. The summed E-state index contributed by atoms with van der Waals surface area (Å²) in [5.41, 5.74) is 7.73. The summed E-state index contributed by atoms with van der Waals surface area (Å²) in [4.78, 5) is 4.83. The van der Waals surface area contributed by atoms with Gasteiger partial charge < -0.3 is 14.9 Å². The lowest BCUT2D eigenvalue weighted by molar-refractivity contribution is 0.0356. The maximum absolute atomic E-state index is 11.7. The first-order valence-electron chi connectivity index (χ1n) is 12.8. The molecular formula is C30H46N2O. The van der Waals surface area contributed by atoms with E-state index >= 15 is 0 Å². The second-order valence-corrected chi connectivity index (χ2v) is 11.9. The first kappa shape index (κ1) is 25.6. The number of benzene rings is 2. The van der Waals surface area contributed by atoms with Gasteiger partial charge in [-0.2, -0.15) is 0 Å². The molecule has 1 aliphatic heterocycles. The molecule has 182 valence electrons. The highest BCUT2D eigenvalue weighted by Gasteiger charge is 2.42. The highest BCUT2D eigenvalue weighted by atomic mass is 16.3. The third-order valence-electron chi connectivity index (χ3n) is 7.20. The Bertz CT molecular complexity index is 905. The Morgan fingerprint density at radius 2 is 1.06 bits per heavy atom. The van der Waals surface area contributed by atoms with Gasteiger partial charge in [0.1, 0.15) is 6.23 Å². The summed E-state index contributed by atoms with van der Waals surface area (Å²) >= 11 is 0. The minimum atomic E-state index is -0.542. The summed E-state index contributed by atoms with van der Waals surface area (Å²) in [6, 6.07) is 13.4. The topological polar surface area (TPSA) is 26.7 Å². The maximum atomic E-state index is 11.7. The average molecular weight is 451 g/mol. The smallest absolute Gasteiger partial charge is 0.135 e. The normalized spacial score (nSPS) is 18.8. The first-order chi connectivity index (χ1) is 15.4. The van der Waals surface area contributed by atoms with E-state index in [2.05, 4.69) is 115 Å². The summed E-state index contributed by atoms with van der Waals surface area (Å²) in [6.07, 6.45) is -0.542. The lowest BCUT2D eigenvalue weighted by atomic mass is 9.83. The van der Waals surface area contributed by atoms with Crippen LogP contribution in [0.5, 0.6) is 0 Å². The molecule has 0 spiro atoms. The molecule has 1 atom stereocenters. The van der Waals surface area contributed by atoms with Gasteiger partial charge in [-0.25, -0.2) is 0 Å². The van der Waals surface area contributed by atoms with Gasteiger partial charge in [-0.3, -0.25) is 0 Å². The summed E-state index contributed by atoms with van der Waals surface area (Å²) in [5.74, 6) is 1.66. The highest BCUT2D eigenvalue weighted by Crippen LogP contribution is 2.44. The van der Waals surface area contributed by atoms with Crippen molar-refractivity contribution in [1.29, 1.82) is 0 Å². The molecule has 1 N–H and O–H groups in total. The number of anilines is 2. The molecule has 2 aromatic rings. The van der Waals surface area contributed by atoms with Crippen molar-refractivity contribution < 1.29 is 5.11 Å². The van der Waals surface area contributed by atoms with Crippen LogP contribution in [0.25, 0.3) is 0 Å². The van der Waals surface area contributed by atoms with Crippen LogP contribution in [-0.4, -0.2) is 24.5 Å². The van der Waals surface area contributed by atoms with Gasteiger partial charge in [0.2, 0.25) is 0 Å². The Hall–Kier alpha value is -2.00. The SMILES string of the molecule is CC(C)c1cccc(C(C)C)c1N1CN(c2c(C(C)C)cccc2C(C)C)C(O)C(C)(C)C1. The molecule has 1 aliphatic rings. The molecule has 0 bridgehead atoms. The Morgan fingerprint density at radius 1 is 0.697 bits per heavy atom. The fraction of sp³-hybridized carbons (Fsp3) is 0.600. The minimum Gasteiger partial charge on any atom is -0.373 e. The predicted molar refractivity (Wildman–Crippen MR) is 144 cm³/mol. The van der Waals surface area contributed by atoms with Crippen LogP contribution in [-0.2, 0) is 0 Å². The number of rotatable bonds is 6. The van der Waals surface area contributed by atoms with Gasteiger partial charge in [0.05, 0.1) is 6.67 Å². The molecule has 2 aromatic carbocycles. The number of hydrogen-bond acceptors (Lipinski definition) is 3. The van der Waals surface area contributed by atoms with E-state index < -0.39 is 6.23 Å². The van der Waals surface area contributed by atoms with Crippen molar-refractivity contribution in [2.45, 2.75) is 99.1 Å². The van der Waals surface area contributed by atoms with E-state index in [1.54, 1.807) is 0 Å². The van der Waals surface area contributed by atoms with Crippen LogP contribution in [0.3, 0.4) is 0 Å². The van der Waals surface area contributed by atoms with Gasteiger partial charge in [-0.1, -0.05) is 106 Å². The molecule has 33 heavy (non-hydrogen) atoms. The fourth-order valence-corrected chi connectivity index (χ4v) is 5.37. The van der Waals surface area contributed by atoms with E-state index in [1.165, 1.54) is 33.6 Å². The van der Waals surface area contributed by atoms with Crippen molar-refractivity contribution in [1.82, 2.24) is 0 Å². The molecular weight excluding hydrogens is 404 g/mol. The predicted octanol–water partition coefficient (Wildman–Crippen LogP) is 7.81. The standard InChI is InChI=1S/C30H46N2O/c1-19(2)23-13-11-14-24(20(3)4)27(23)31-17-30(9,10)29(33)32(18-31)28-25(21(5)6)15-12-16-26(28)22(7)8/h11-16,19-22,29,33H,17-18H2,1-10H3. The van der Waals surface area contributed by atoms with Crippen LogP contribution < -0.4 is 9.80 Å². The second-order valence-electron chi connectivity index (χ2n) is 11.9. The summed E-state index contributed by atoms with van der Waals surface area (Å²) < 4.78 is 0. The van der Waals surface area contributed by atoms with Crippen LogP contribution in [0, 0.1) is 5.41 Å². The van der Waals surface area contributed by atoms with Crippen molar-refractivity contribution in [2.24, 2.45) is 5.41 Å². The molecule has 1 saturated heterocycles. The Labute approximate surface area is 202 Å². The van der Waals surface area contributed by atoms with Crippen LogP contribution in [0.2, 0.25) is 0 Å². The van der Waals surface area contributed by atoms with Crippen molar-refractivity contribution in [3.8, 4) is 0 Å². The molecule has 1 heterocycles. The maximum Gasteiger partial charge on any atom is 0.135 e. The summed E-state index contributed by atoms with van der Waals surface area (Å²) in [7, 11) is 0. The monoisotopic (exact) mass is 450 g/mol. The fourth-order valence-electron chi connectivity index (χ4n) is 5.37. The zero-order valence-electron chi connectivity index (χ0n) is 22.6. The van der Waals surface area contributed by atoms with Crippen LogP contribution in [0.1, 0.15) is 115 Å². The second kappa shape index (κ2) is 9.70. The van der Waals surface area contributed by atoms with Gasteiger partial charge in [0.25, 0.3) is 0 Å².